The van der Waals surface area contributed by atoms with Crippen LogP contribution < -0.4 is 4.74 Å². The predicted octanol–water partition coefficient (Wildman–Crippen LogP) is 4.08. The second-order valence-corrected chi connectivity index (χ2v) is 6.02. The molecule has 0 aliphatic heterocycles. The van der Waals surface area contributed by atoms with Gasteiger partial charge in [-0.25, -0.2) is 4.39 Å². The summed E-state index contributed by atoms with van der Waals surface area (Å²) in [5.41, 5.74) is 0.533. The molecule has 0 saturated heterocycles. The summed E-state index contributed by atoms with van der Waals surface area (Å²) in [7, 11) is 0. The third kappa shape index (κ3) is 3.69. The Kier molecular flexibility index (Phi) is 4.46. The molecule has 2 nitrogen and oxygen atoms in total. The van der Waals surface area contributed by atoms with Crippen molar-refractivity contribution in [1.82, 2.24) is 0 Å². The quantitative estimate of drug-likeness (QED) is 0.893. The smallest absolute Gasteiger partial charge is 0.125 e. The number of benzene rings is 1. The lowest BCUT2D eigenvalue weighted by molar-refractivity contribution is 0.0958. The van der Waals surface area contributed by atoms with Crippen molar-refractivity contribution in [2.24, 2.45) is 11.8 Å². The van der Waals surface area contributed by atoms with E-state index in [4.69, 9.17) is 4.74 Å². The molecule has 1 fully saturated rings. The Morgan fingerprint density at radius 1 is 1.21 bits per heavy atom. The molecular weight excluding hydrogens is 243 g/mol. The van der Waals surface area contributed by atoms with E-state index in [0.717, 1.165) is 12.8 Å². The summed E-state index contributed by atoms with van der Waals surface area (Å²) < 4.78 is 19.3. The van der Waals surface area contributed by atoms with Crippen LogP contribution in [0.4, 0.5) is 4.39 Å². The Hall–Kier alpha value is -1.09. The van der Waals surface area contributed by atoms with Crippen molar-refractivity contribution in [2.75, 3.05) is 0 Å². The van der Waals surface area contributed by atoms with E-state index in [9.17, 15) is 9.50 Å². The van der Waals surface area contributed by atoms with Gasteiger partial charge in [0.15, 0.2) is 0 Å². The molecule has 0 spiro atoms. The van der Waals surface area contributed by atoms with Crippen LogP contribution in [0.3, 0.4) is 0 Å². The van der Waals surface area contributed by atoms with Gasteiger partial charge in [-0.3, -0.25) is 0 Å². The van der Waals surface area contributed by atoms with E-state index in [1.54, 1.807) is 13.0 Å². The predicted molar refractivity (Wildman–Crippen MR) is 73.6 cm³/mol. The summed E-state index contributed by atoms with van der Waals surface area (Å²) in [6.07, 6.45) is 2.75. The van der Waals surface area contributed by atoms with Crippen LogP contribution in [-0.2, 0) is 0 Å². The van der Waals surface area contributed by atoms with Crippen molar-refractivity contribution in [3.63, 3.8) is 0 Å². The fourth-order valence-electron chi connectivity index (χ4n) is 3.10. The maximum atomic E-state index is 13.2. The minimum absolute atomic E-state index is 0.168. The number of ether oxygens (including phenoxy) is 1. The second-order valence-electron chi connectivity index (χ2n) is 6.02. The SMILES string of the molecule is CC1CC(C)CC(Oc2ccc(F)cc2[C@@H](C)O)C1. The molecule has 1 aromatic rings. The minimum atomic E-state index is -0.718. The lowest BCUT2D eigenvalue weighted by atomic mass is 9.82. The van der Waals surface area contributed by atoms with Crippen molar-refractivity contribution in [3.05, 3.63) is 29.6 Å². The Morgan fingerprint density at radius 2 is 1.84 bits per heavy atom. The Bertz CT molecular complexity index is 421. The van der Waals surface area contributed by atoms with Gasteiger partial charge in [-0.1, -0.05) is 13.8 Å². The van der Waals surface area contributed by atoms with Gasteiger partial charge in [-0.15, -0.1) is 0 Å². The van der Waals surface area contributed by atoms with Crippen LogP contribution in [0.2, 0.25) is 0 Å². The zero-order valence-electron chi connectivity index (χ0n) is 11.9. The number of aliphatic hydroxyl groups excluding tert-OH is 1. The molecule has 1 aromatic carbocycles. The maximum Gasteiger partial charge on any atom is 0.125 e. The van der Waals surface area contributed by atoms with Crippen LogP contribution in [0.15, 0.2) is 18.2 Å². The van der Waals surface area contributed by atoms with Crippen molar-refractivity contribution < 1.29 is 14.2 Å². The summed E-state index contributed by atoms with van der Waals surface area (Å²) >= 11 is 0. The first kappa shape index (κ1) is 14.3. The zero-order chi connectivity index (χ0) is 14.0. The summed E-state index contributed by atoms with van der Waals surface area (Å²) in [4.78, 5) is 0. The molecule has 3 atom stereocenters. The summed E-state index contributed by atoms with van der Waals surface area (Å²) in [5, 5.41) is 9.72. The molecule has 0 aromatic heterocycles. The lowest BCUT2D eigenvalue weighted by Crippen LogP contribution is -2.28. The topological polar surface area (TPSA) is 29.5 Å². The van der Waals surface area contributed by atoms with Crippen LogP contribution in [0.5, 0.6) is 5.75 Å². The summed E-state index contributed by atoms with van der Waals surface area (Å²) in [5.74, 6) is 1.59. The minimum Gasteiger partial charge on any atom is -0.490 e. The van der Waals surface area contributed by atoms with Gasteiger partial charge in [0, 0.05) is 5.56 Å². The van der Waals surface area contributed by atoms with Crippen molar-refractivity contribution in [1.29, 1.82) is 0 Å². The fourth-order valence-corrected chi connectivity index (χ4v) is 3.10. The van der Waals surface area contributed by atoms with Crippen molar-refractivity contribution >= 4 is 0 Å². The van der Waals surface area contributed by atoms with E-state index in [-0.39, 0.29) is 11.9 Å². The normalized spacial score (nSPS) is 29.0. The van der Waals surface area contributed by atoms with Gasteiger partial charge in [-0.2, -0.15) is 0 Å². The monoisotopic (exact) mass is 266 g/mol. The molecule has 1 aliphatic rings. The molecule has 0 bridgehead atoms. The van der Waals surface area contributed by atoms with Gasteiger partial charge in [0.05, 0.1) is 12.2 Å². The van der Waals surface area contributed by atoms with E-state index >= 15 is 0 Å². The van der Waals surface area contributed by atoms with Crippen LogP contribution in [-0.4, -0.2) is 11.2 Å². The van der Waals surface area contributed by atoms with Gasteiger partial charge in [0.25, 0.3) is 0 Å². The van der Waals surface area contributed by atoms with Gasteiger partial charge >= 0.3 is 0 Å². The van der Waals surface area contributed by atoms with Crippen molar-refractivity contribution in [3.8, 4) is 5.75 Å². The molecule has 3 heteroatoms. The van der Waals surface area contributed by atoms with E-state index in [1.807, 2.05) is 0 Å². The largest absolute Gasteiger partial charge is 0.490 e. The summed E-state index contributed by atoms with van der Waals surface area (Å²) in [6, 6.07) is 4.37. The first-order valence-electron chi connectivity index (χ1n) is 7.10. The highest BCUT2D eigenvalue weighted by molar-refractivity contribution is 5.35. The highest BCUT2D eigenvalue weighted by Crippen LogP contribution is 2.34. The first-order chi connectivity index (χ1) is 8.95. The molecule has 2 rings (SSSR count). The Balaban J connectivity index is 2.14. The van der Waals surface area contributed by atoms with Crippen LogP contribution in [0, 0.1) is 17.7 Å². The first-order valence-corrected chi connectivity index (χ1v) is 7.10. The number of hydrogen-bond acceptors (Lipinski definition) is 2. The standard InChI is InChI=1S/C16H23FO2/c1-10-6-11(2)8-14(7-10)19-16-5-4-13(17)9-15(16)12(3)18/h4-5,9-12,14,18H,6-8H2,1-3H3/t10?,11?,12-,14?/m1/s1. The van der Waals surface area contributed by atoms with Gasteiger partial charge in [0.1, 0.15) is 11.6 Å². The number of halogens is 1. The number of aliphatic hydroxyl groups is 1. The Morgan fingerprint density at radius 3 is 2.42 bits per heavy atom. The van der Waals surface area contributed by atoms with Crippen molar-refractivity contribution in [2.45, 2.75) is 52.2 Å². The molecule has 0 heterocycles. The van der Waals surface area contributed by atoms with Gasteiger partial charge in [-0.05, 0) is 56.2 Å². The van der Waals surface area contributed by atoms with Crippen LogP contribution in [0.1, 0.15) is 51.7 Å². The average Bonchev–Trinajstić information content (AvgIpc) is 2.30. The third-order valence-electron chi connectivity index (χ3n) is 3.85. The van der Waals surface area contributed by atoms with E-state index in [1.165, 1.54) is 18.6 Å². The third-order valence-corrected chi connectivity index (χ3v) is 3.85. The number of rotatable bonds is 3. The molecule has 1 N–H and O–H groups in total. The number of hydrogen-bond donors (Lipinski definition) is 1. The fraction of sp³-hybridized carbons (Fsp3) is 0.625. The molecule has 0 radical (unpaired) electrons. The van der Waals surface area contributed by atoms with Crippen LogP contribution in [0.25, 0.3) is 0 Å². The van der Waals surface area contributed by atoms with E-state index < -0.39 is 6.10 Å². The highest BCUT2D eigenvalue weighted by Gasteiger charge is 2.26. The molecule has 1 saturated carbocycles. The van der Waals surface area contributed by atoms with E-state index in [0.29, 0.717) is 23.1 Å². The average molecular weight is 266 g/mol. The molecule has 2 unspecified atom stereocenters. The molecule has 1 aliphatic carbocycles. The molecule has 19 heavy (non-hydrogen) atoms. The van der Waals surface area contributed by atoms with E-state index in [2.05, 4.69) is 13.8 Å². The van der Waals surface area contributed by atoms with Gasteiger partial charge < -0.3 is 9.84 Å². The molecule has 0 amide bonds. The molecule has 106 valence electrons. The maximum absolute atomic E-state index is 13.2. The molecular formula is C16H23FO2. The lowest BCUT2D eigenvalue weighted by Gasteiger charge is -2.32. The van der Waals surface area contributed by atoms with Gasteiger partial charge in [0.2, 0.25) is 0 Å². The summed E-state index contributed by atoms with van der Waals surface area (Å²) in [6.45, 7) is 6.12. The highest BCUT2D eigenvalue weighted by atomic mass is 19.1. The van der Waals surface area contributed by atoms with Crippen LogP contribution >= 0.6 is 0 Å². The zero-order valence-corrected chi connectivity index (χ0v) is 11.9. The second kappa shape index (κ2) is 5.91. The Labute approximate surface area is 114 Å².